The summed E-state index contributed by atoms with van der Waals surface area (Å²) in [5.74, 6) is 2.19. The molecule has 1 aliphatic rings. The van der Waals surface area contributed by atoms with Crippen LogP contribution in [-0.4, -0.2) is 40.4 Å². The quantitative estimate of drug-likeness (QED) is 0.201. The van der Waals surface area contributed by atoms with Gasteiger partial charge in [-0.1, -0.05) is 127 Å². The number of nitrogens with zero attached hydrogens (tertiary/aromatic N) is 3. The van der Waals surface area contributed by atoms with Crippen molar-refractivity contribution in [3.63, 3.8) is 0 Å². The summed E-state index contributed by atoms with van der Waals surface area (Å²) in [4.78, 5) is 41.4. The molecule has 0 radical (unpaired) electrons. The third-order valence-corrected chi connectivity index (χ3v) is 10.0. The minimum atomic E-state index is 0.154. The predicted molar refractivity (Wildman–Crippen MR) is 231 cm³/mol. The van der Waals surface area contributed by atoms with Gasteiger partial charge in [-0.15, -0.1) is 0 Å². The van der Waals surface area contributed by atoms with E-state index in [2.05, 4.69) is 157 Å². The first-order valence-corrected chi connectivity index (χ1v) is 21.4. The number of halogens is 3. The van der Waals surface area contributed by atoms with E-state index in [9.17, 15) is 14.4 Å². The molecule has 53 heavy (non-hydrogen) atoms. The van der Waals surface area contributed by atoms with Gasteiger partial charge in [0.15, 0.2) is 0 Å². The van der Waals surface area contributed by atoms with E-state index in [4.69, 9.17) is 0 Å². The van der Waals surface area contributed by atoms with E-state index in [1.54, 1.807) is 4.90 Å². The van der Waals surface area contributed by atoms with Crippen LogP contribution in [0.15, 0.2) is 68.0 Å². The molecule has 0 unspecified atom stereocenters. The zero-order valence-corrected chi connectivity index (χ0v) is 38.0. The van der Waals surface area contributed by atoms with E-state index < -0.39 is 0 Å². The van der Waals surface area contributed by atoms with E-state index in [-0.39, 0.29) is 5.91 Å². The van der Waals surface area contributed by atoms with Crippen molar-refractivity contribution in [3.05, 3.63) is 101 Å². The van der Waals surface area contributed by atoms with E-state index in [1.165, 1.54) is 24.0 Å². The molecule has 0 saturated carbocycles. The van der Waals surface area contributed by atoms with E-state index >= 15 is 0 Å². The number of hydrogen-bond acceptors (Lipinski definition) is 4. The average molecular weight is 921 g/mol. The molecule has 0 saturated heterocycles. The standard InChI is InChI=1S/C32H36Br3N3O2.C6H12O.C6H14/c1-22(2)4-5-32(40)38-19-27-7-24(10-30(34)13-27)16-36(3)15-23-6-25(11-29(33)9-23)17-37(21-39)18-26-8-28(20-38)14-31(35)12-26;1-6(2)4-3-5-7;1-4-5-6(2)3/h6-14,21-22H,4-5,15-20H2,1-3H3;5-6H,3-4H2,1-2H3;6H,4-5H2,1-3H3. The van der Waals surface area contributed by atoms with Gasteiger partial charge in [-0.3, -0.25) is 14.5 Å². The SMILES string of the molecule is CC(C)CCC(=O)N1Cc2cc(Br)cc(c2)CN(C)Cc2cc(Br)cc(c2)CN(C=O)Cc2cc(Br)cc(c2)C1.CC(C)CCC=O.CCCC(C)C. The van der Waals surface area contributed by atoms with Gasteiger partial charge in [0.1, 0.15) is 6.29 Å². The van der Waals surface area contributed by atoms with Crippen molar-refractivity contribution in [2.24, 2.45) is 17.8 Å². The Labute approximate surface area is 345 Å². The second-order valence-electron chi connectivity index (χ2n) is 15.6. The molecule has 0 N–H and O–H groups in total. The molecule has 3 aromatic carbocycles. The first kappa shape index (κ1) is 46.8. The number of carbonyl (C=O) groups is 3. The fourth-order valence-electron chi connectivity index (χ4n) is 6.20. The highest BCUT2D eigenvalue weighted by atomic mass is 79.9. The molecular formula is C44H62Br3N3O3. The molecule has 1 aliphatic heterocycles. The van der Waals surface area contributed by atoms with Crippen LogP contribution in [0.5, 0.6) is 0 Å². The molecule has 9 heteroatoms. The zero-order valence-electron chi connectivity index (χ0n) is 33.3. The van der Waals surface area contributed by atoms with Crippen molar-refractivity contribution >= 4 is 66.4 Å². The smallest absolute Gasteiger partial charge is 0.223 e. The van der Waals surface area contributed by atoms with Crippen molar-refractivity contribution in [1.82, 2.24) is 14.7 Å². The predicted octanol–water partition coefficient (Wildman–Crippen LogP) is 12.1. The summed E-state index contributed by atoms with van der Waals surface area (Å²) in [6.07, 6.45) is 7.73. The van der Waals surface area contributed by atoms with Crippen LogP contribution in [0.25, 0.3) is 0 Å². The van der Waals surface area contributed by atoms with E-state index in [0.717, 1.165) is 86.6 Å². The van der Waals surface area contributed by atoms with Crippen LogP contribution < -0.4 is 0 Å². The van der Waals surface area contributed by atoms with Crippen molar-refractivity contribution < 1.29 is 14.4 Å². The second-order valence-corrected chi connectivity index (χ2v) is 18.3. The number of carbonyl (C=O) groups excluding carboxylic acids is 3. The van der Waals surface area contributed by atoms with Crippen LogP contribution in [0, 0.1) is 17.8 Å². The van der Waals surface area contributed by atoms with Gasteiger partial charge in [-0.05, 0) is 107 Å². The summed E-state index contributed by atoms with van der Waals surface area (Å²) in [5, 5.41) is 0. The van der Waals surface area contributed by atoms with Crippen molar-refractivity contribution in [2.75, 3.05) is 7.05 Å². The molecule has 6 nitrogen and oxygen atoms in total. The van der Waals surface area contributed by atoms with Crippen LogP contribution in [0.3, 0.4) is 0 Å². The maximum atomic E-state index is 13.5. The Morgan fingerprint density at radius 2 is 0.981 bits per heavy atom. The lowest BCUT2D eigenvalue weighted by atomic mass is 10.0. The Morgan fingerprint density at radius 1 is 0.604 bits per heavy atom. The molecule has 292 valence electrons. The van der Waals surface area contributed by atoms with Gasteiger partial charge < -0.3 is 14.6 Å². The lowest BCUT2D eigenvalue weighted by Gasteiger charge is -2.26. The molecule has 6 bridgehead atoms. The summed E-state index contributed by atoms with van der Waals surface area (Å²) >= 11 is 11.1. The van der Waals surface area contributed by atoms with Crippen molar-refractivity contribution in [1.29, 1.82) is 0 Å². The van der Waals surface area contributed by atoms with E-state index in [0.29, 0.717) is 44.4 Å². The number of rotatable bonds is 9. The average Bonchev–Trinajstić information content (AvgIpc) is 3.05. The number of benzene rings is 3. The fourth-order valence-corrected chi connectivity index (χ4v) is 7.96. The van der Waals surface area contributed by atoms with Crippen LogP contribution in [0.2, 0.25) is 0 Å². The van der Waals surface area contributed by atoms with Gasteiger partial charge >= 0.3 is 0 Å². The molecule has 4 rings (SSSR count). The van der Waals surface area contributed by atoms with Gasteiger partial charge in [-0.25, -0.2) is 0 Å². The van der Waals surface area contributed by atoms with Crippen LogP contribution >= 0.6 is 47.8 Å². The summed E-state index contributed by atoms with van der Waals surface area (Å²) in [5.41, 5.74) is 6.60. The van der Waals surface area contributed by atoms with Crippen LogP contribution in [-0.2, 0) is 53.7 Å². The highest BCUT2D eigenvalue weighted by Crippen LogP contribution is 2.25. The lowest BCUT2D eigenvalue weighted by Crippen LogP contribution is -2.30. The van der Waals surface area contributed by atoms with Crippen LogP contribution in [0.4, 0.5) is 0 Å². The monoisotopic (exact) mass is 917 g/mol. The Kier molecular flexibility index (Phi) is 22.0. The Bertz CT molecular complexity index is 1580. The Hall–Kier alpha value is -2.33. The molecule has 0 spiro atoms. The summed E-state index contributed by atoms with van der Waals surface area (Å²) in [7, 11) is 2.11. The molecule has 0 atom stereocenters. The van der Waals surface area contributed by atoms with Crippen molar-refractivity contribution in [3.8, 4) is 0 Å². The molecule has 1 heterocycles. The topological polar surface area (TPSA) is 60.9 Å². The summed E-state index contributed by atoms with van der Waals surface area (Å²) < 4.78 is 2.96. The summed E-state index contributed by atoms with van der Waals surface area (Å²) in [6.45, 7) is 18.8. The molecule has 2 amide bonds. The second kappa shape index (κ2) is 25.0. The third-order valence-electron chi connectivity index (χ3n) is 8.64. The number of amides is 2. The van der Waals surface area contributed by atoms with Crippen LogP contribution in [0.1, 0.15) is 120 Å². The third kappa shape index (κ3) is 19.7. The van der Waals surface area contributed by atoms with Gasteiger partial charge in [-0.2, -0.15) is 0 Å². The Balaban J connectivity index is 0.000000638. The molecular weight excluding hydrogens is 858 g/mol. The fraction of sp³-hybridized carbons (Fsp3) is 0.523. The van der Waals surface area contributed by atoms with Gasteiger partial charge in [0, 0.05) is 65.5 Å². The lowest BCUT2D eigenvalue weighted by molar-refractivity contribution is -0.132. The highest BCUT2D eigenvalue weighted by Gasteiger charge is 2.18. The maximum Gasteiger partial charge on any atom is 0.223 e. The van der Waals surface area contributed by atoms with Gasteiger partial charge in [0.05, 0.1) is 0 Å². The molecule has 0 aliphatic carbocycles. The van der Waals surface area contributed by atoms with E-state index in [1.807, 2.05) is 11.0 Å². The maximum absolute atomic E-state index is 13.5. The molecule has 0 aromatic heterocycles. The normalized spacial score (nSPS) is 13.8. The number of hydrogen-bond donors (Lipinski definition) is 0. The first-order chi connectivity index (χ1) is 25.1. The van der Waals surface area contributed by atoms with Gasteiger partial charge in [0.25, 0.3) is 0 Å². The largest absolute Gasteiger partial charge is 0.337 e. The minimum absolute atomic E-state index is 0.154. The number of fused-ring (bicyclic) bond motifs is 6. The Morgan fingerprint density at radius 3 is 1.28 bits per heavy atom. The number of aldehydes is 1. The van der Waals surface area contributed by atoms with Crippen molar-refractivity contribution in [2.45, 2.75) is 126 Å². The molecule has 0 fully saturated rings. The van der Waals surface area contributed by atoms with Gasteiger partial charge in [0.2, 0.25) is 12.3 Å². The highest BCUT2D eigenvalue weighted by molar-refractivity contribution is 9.11. The zero-order chi connectivity index (χ0) is 39.5. The first-order valence-electron chi connectivity index (χ1n) is 19.0. The summed E-state index contributed by atoms with van der Waals surface area (Å²) in [6, 6.07) is 19.1. The molecule has 3 aromatic rings. The minimum Gasteiger partial charge on any atom is -0.337 e.